The van der Waals surface area contributed by atoms with Gasteiger partial charge in [-0.05, 0) is 6.07 Å². The zero-order valence-corrected chi connectivity index (χ0v) is 8.96. The highest BCUT2D eigenvalue weighted by Crippen LogP contribution is 2.21. The second-order valence-corrected chi connectivity index (χ2v) is 5.65. The monoisotopic (exact) mass is 247 g/mol. The van der Waals surface area contributed by atoms with E-state index in [1.807, 2.05) is 0 Å². The molecule has 0 saturated heterocycles. The van der Waals surface area contributed by atoms with Crippen molar-refractivity contribution in [2.75, 3.05) is 0 Å². The van der Waals surface area contributed by atoms with E-state index in [1.54, 1.807) is 6.07 Å². The molecule has 5 nitrogen and oxygen atoms in total. The Balaban J connectivity index is 2.25. The van der Waals surface area contributed by atoms with E-state index in [-0.39, 0.29) is 11.4 Å². The Hall–Kier alpha value is -1.27. The number of furan rings is 1. The number of nitrogens with zero attached hydrogens (tertiary/aromatic N) is 1. The molecule has 0 saturated carbocycles. The highest BCUT2D eigenvalue weighted by atomic mass is 35.7. The minimum atomic E-state index is -3.61. The number of rotatable bonds is 3. The van der Waals surface area contributed by atoms with Crippen LogP contribution in [0, 0.1) is 0 Å². The number of hydrogen-bond donors (Lipinski definition) is 0. The average molecular weight is 248 g/mol. The molecule has 0 aromatic carbocycles. The van der Waals surface area contributed by atoms with E-state index in [1.165, 1.54) is 18.6 Å². The van der Waals surface area contributed by atoms with Crippen molar-refractivity contribution in [2.24, 2.45) is 0 Å². The summed E-state index contributed by atoms with van der Waals surface area (Å²) in [4.78, 5) is 0. The SMILES string of the molecule is O=S(=O)(Cl)Cc1cc(-c2ccoc2)on1. The molecule has 0 fully saturated rings. The summed E-state index contributed by atoms with van der Waals surface area (Å²) >= 11 is 0. The van der Waals surface area contributed by atoms with E-state index >= 15 is 0 Å². The molecule has 7 heteroatoms. The third-order valence-corrected chi connectivity index (χ3v) is 2.65. The van der Waals surface area contributed by atoms with Crippen LogP contribution in [-0.4, -0.2) is 13.6 Å². The first kappa shape index (κ1) is 10.3. The lowest BCUT2D eigenvalue weighted by atomic mass is 10.2. The Morgan fingerprint density at radius 2 is 2.27 bits per heavy atom. The lowest BCUT2D eigenvalue weighted by Crippen LogP contribution is -1.94. The van der Waals surface area contributed by atoms with Gasteiger partial charge in [0.1, 0.15) is 17.7 Å². The first-order valence-electron chi connectivity index (χ1n) is 3.95. The van der Waals surface area contributed by atoms with Crippen molar-refractivity contribution < 1.29 is 17.4 Å². The molecular weight excluding hydrogens is 242 g/mol. The van der Waals surface area contributed by atoms with E-state index in [0.29, 0.717) is 11.3 Å². The normalized spacial score (nSPS) is 11.8. The van der Waals surface area contributed by atoms with Crippen LogP contribution in [-0.2, 0) is 14.8 Å². The third-order valence-electron chi connectivity index (χ3n) is 1.68. The van der Waals surface area contributed by atoms with Crippen LogP contribution < -0.4 is 0 Å². The molecule has 2 rings (SSSR count). The quantitative estimate of drug-likeness (QED) is 0.776. The first-order chi connectivity index (χ1) is 7.04. The molecule has 0 aliphatic carbocycles. The molecule has 0 N–H and O–H groups in total. The molecule has 0 bridgehead atoms. The second-order valence-electron chi connectivity index (χ2n) is 2.88. The zero-order valence-electron chi connectivity index (χ0n) is 7.38. The molecule has 0 radical (unpaired) electrons. The van der Waals surface area contributed by atoms with Gasteiger partial charge in [0.2, 0.25) is 9.05 Å². The maximum absolute atomic E-state index is 10.8. The Morgan fingerprint density at radius 1 is 1.47 bits per heavy atom. The highest BCUT2D eigenvalue weighted by Gasteiger charge is 2.13. The molecular formula is C8H6ClNO4S. The fourth-order valence-electron chi connectivity index (χ4n) is 1.10. The van der Waals surface area contributed by atoms with Crippen LogP contribution in [0.4, 0.5) is 0 Å². The van der Waals surface area contributed by atoms with E-state index in [4.69, 9.17) is 19.6 Å². The third kappa shape index (κ3) is 2.60. The highest BCUT2D eigenvalue weighted by molar-refractivity contribution is 8.13. The van der Waals surface area contributed by atoms with E-state index in [9.17, 15) is 8.42 Å². The van der Waals surface area contributed by atoms with Crippen molar-refractivity contribution in [3.8, 4) is 11.3 Å². The van der Waals surface area contributed by atoms with Gasteiger partial charge in [-0.1, -0.05) is 5.16 Å². The Bertz CT molecular complexity index is 543. The van der Waals surface area contributed by atoms with Gasteiger partial charge in [-0.25, -0.2) is 8.42 Å². The molecule has 15 heavy (non-hydrogen) atoms. The number of hydrogen-bond acceptors (Lipinski definition) is 5. The van der Waals surface area contributed by atoms with Gasteiger partial charge in [0.05, 0.1) is 11.8 Å². The van der Waals surface area contributed by atoms with Crippen LogP contribution in [0.3, 0.4) is 0 Å². The lowest BCUT2D eigenvalue weighted by Gasteiger charge is -1.86. The predicted octanol–water partition coefficient (Wildman–Crippen LogP) is 2.00. The second kappa shape index (κ2) is 3.71. The molecule has 0 aliphatic heterocycles. The van der Waals surface area contributed by atoms with Crippen molar-refractivity contribution >= 4 is 19.7 Å². The Morgan fingerprint density at radius 3 is 2.87 bits per heavy atom. The Kier molecular flexibility index (Phi) is 2.54. The van der Waals surface area contributed by atoms with Gasteiger partial charge in [0, 0.05) is 16.7 Å². The van der Waals surface area contributed by atoms with E-state index in [0.717, 1.165) is 0 Å². The summed E-state index contributed by atoms with van der Waals surface area (Å²) in [6.45, 7) is 0. The topological polar surface area (TPSA) is 73.3 Å². The molecule has 0 amide bonds. The molecule has 0 unspecified atom stereocenters. The Labute approximate surface area is 90.0 Å². The van der Waals surface area contributed by atoms with Gasteiger partial charge in [0.15, 0.2) is 5.76 Å². The van der Waals surface area contributed by atoms with Crippen molar-refractivity contribution in [1.82, 2.24) is 5.16 Å². The molecule has 2 aromatic rings. The summed E-state index contributed by atoms with van der Waals surface area (Å²) in [7, 11) is 1.47. The van der Waals surface area contributed by atoms with Crippen LogP contribution in [0.2, 0.25) is 0 Å². The van der Waals surface area contributed by atoms with Crippen LogP contribution in [0.25, 0.3) is 11.3 Å². The largest absolute Gasteiger partial charge is 0.472 e. The smallest absolute Gasteiger partial charge is 0.238 e. The summed E-state index contributed by atoms with van der Waals surface area (Å²) in [6, 6.07) is 3.18. The number of halogens is 1. The standard InChI is InChI=1S/C8H6ClNO4S/c9-15(11,12)5-7-3-8(14-10-7)6-1-2-13-4-6/h1-4H,5H2. The van der Waals surface area contributed by atoms with Crippen LogP contribution in [0.15, 0.2) is 33.6 Å². The van der Waals surface area contributed by atoms with Crippen molar-refractivity contribution in [2.45, 2.75) is 5.75 Å². The minimum Gasteiger partial charge on any atom is -0.472 e. The molecule has 0 aliphatic rings. The fraction of sp³-hybridized carbons (Fsp3) is 0.125. The van der Waals surface area contributed by atoms with Crippen LogP contribution in [0.1, 0.15) is 5.69 Å². The average Bonchev–Trinajstić information content (AvgIpc) is 2.68. The minimum absolute atomic E-state index is 0.265. The lowest BCUT2D eigenvalue weighted by molar-refractivity contribution is 0.425. The summed E-state index contributed by atoms with van der Waals surface area (Å²) in [5.41, 5.74) is 0.960. The predicted molar refractivity (Wildman–Crippen MR) is 52.7 cm³/mol. The van der Waals surface area contributed by atoms with Gasteiger partial charge in [-0.2, -0.15) is 0 Å². The first-order valence-corrected chi connectivity index (χ1v) is 6.43. The molecule has 2 aromatic heterocycles. The van der Waals surface area contributed by atoms with E-state index in [2.05, 4.69) is 5.16 Å². The van der Waals surface area contributed by atoms with Crippen molar-refractivity contribution in [3.63, 3.8) is 0 Å². The summed E-state index contributed by atoms with van der Waals surface area (Å²) in [5, 5.41) is 3.58. The van der Waals surface area contributed by atoms with E-state index < -0.39 is 9.05 Å². The molecule has 0 spiro atoms. The summed E-state index contributed by atoms with van der Waals surface area (Å²) < 4.78 is 31.3. The van der Waals surface area contributed by atoms with Gasteiger partial charge < -0.3 is 8.94 Å². The van der Waals surface area contributed by atoms with Crippen LogP contribution in [0.5, 0.6) is 0 Å². The van der Waals surface area contributed by atoms with Crippen LogP contribution >= 0.6 is 10.7 Å². The van der Waals surface area contributed by atoms with Crippen molar-refractivity contribution in [3.05, 3.63) is 30.4 Å². The van der Waals surface area contributed by atoms with Gasteiger partial charge in [-0.15, -0.1) is 0 Å². The molecule has 2 heterocycles. The molecule has 80 valence electrons. The summed E-state index contributed by atoms with van der Waals surface area (Å²) in [6.07, 6.45) is 2.95. The maximum atomic E-state index is 10.8. The fourth-order valence-corrected chi connectivity index (χ4v) is 1.92. The molecule has 0 atom stereocenters. The summed E-state index contributed by atoms with van der Waals surface area (Å²) in [5.74, 6) is 0.0923. The maximum Gasteiger partial charge on any atom is 0.238 e. The van der Waals surface area contributed by atoms with Gasteiger partial charge >= 0.3 is 0 Å². The van der Waals surface area contributed by atoms with Gasteiger partial charge in [-0.3, -0.25) is 0 Å². The van der Waals surface area contributed by atoms with Gasteiger partial charge in [0.25, 0.3) is 0 Å². The van der Waals surface area contributed by atoms with Crippen molar-refractivity contribution in [1.29, 1.82) is 0 Å². The zero-order chi connectivity index (χ0) is 10.9. The number of aromatic nitrogens is 1.